The van der Waals surface area contributed by atoms with Crippen molar-refractivity contribution in [2.75, 3.05) is 18.1 Å². The Morgan fingerprint density at radius 2 is 2.05 bits per heavy atom. The largest absolute Gasteiger partial charge is 0.464 e. The van der Waals surface area contributed by atoms with Crippen LogP contribution < -0.4 is 9.64 Å². The van der Waals surface area contributed by atoms with E-state index in [0.717, 1.165) is 12.5 Å². The van der Waals surface area contributed by atoms with Crippen molar-refractivity contribution < 1.29 is 4.74 Å². The van der Waals surface area contributed by atoms with Crippen LogP contribution in [0, 0.1) is 5.92 Å². The molecule has 1 aliphatic heterocycles. The Morgan fingerprint density at radius 1 is 1.21 bits per heavy atom. The number of aromatic nitrogens is 3. The number of hydrogen-bond acceptors (Lipinski definition) is 5. The average molecular weight is 283 g/mol. The molecule has 2 atom stereocenters. The number of anilines is 1. The quantitative estimate of drug-likeness (QED) is 0.853. The highest BCUT2D eigenvalue weighted by Crippen LogP contribution is 2.38. The third-order valence-corrected chi connectivity index (χ3v) is 4.27. The maximum atomic E-state index is 5.98. The monoisotopic (exact) mass is 282 g/mol. The molecule has 0 aromatic carbocycles. The Balaban J connectivity index is 1.87. The first kappa shape index (κ1) is 12.9. The Hall–Kier alpha value is -1.10. The standard InChI is InChI=1S/C13H19ClN4O/c1-2-19-13-16-11(14)15-12(17-13)18-8-4-6-9-5-3-7-10(9)18/h9-10H,2-8H2,1H3. The van der Waals surface area contributed by atoms with Crippen LogP contribution in [0.1, 0.15) is 39.0 Å². The van der Waals surface area contributed by atoms with Gasteiger partial charge in [0, 0.05) is 12.6 Å². The van der Waals surface area contributed by atoms with E-state index in [1.807, 2.05) is 6.92 Å². The second-order valence-corrected chi connectivity index (χ2v) is 5.55. The molecule has 1 aliphatic carbocycles. The van der Waals surface area contributed by atoms with E-state index in [2.05, 4.69) is 19.9 Å². The first-order valence-electron chi connectivity index (χ1n) is 7.09. The molecule has 2 unspecified atom stereocenters. The maximum Gasteiger partial charge on any atom is 0.322 e. The lowest BCUT2D eigenvalue weighted by molar-refractivity contribution is 0.308. The minimum absolute atomic E-state index is 0.216. The lowest BCUT2D eigenvalue weighted by Gasteiger charge is -2.37. The van der Waals surface area contributed by atoms with Gasteiger partial charge in [-0.2, -0.15) is 15.0 Å². The summed E-state index contributed by atoms with van der Waals surface area (Å²) < 4.78 is 5.36. The van der Waals surface area contributed by atoms with Crippen LogP contribution in [0.4, 0.5) is 5.95 Å². The number of halogens is 1. The van der Waals surface area contributed by atoms with Crippen molar-refractivity contribution in [3.05, 3.63) is 5.28 Å². The maximum absolute atomic E-state index is 5.98. The van der Waals surface area contributed by atoms with Crippen LogP contribution in [0.5, 0.6) is 6.01 Å². The Kier molecular flexibility index (Phi) is 3.73. The summed E-state index contributed by atoms with van der Waals surface area (Å²) in [6.45, 7) is 3.45. The van der Waals surface area contributed by atoms with Crippen molar-refractivity contribution in [3.63, 3.8) is 0 Å². The first-order chi connectivity index (χ1) is 9.28. The van der Waals surface area contributed by atoms with E-state index in [1.165, 1.54) is 32.1 Å². The molecule has 2 fully saturated rings. The number of rotatable bonds is 3. The highest BCUT2D eigenvalue weighted by Gasteiger charge is 2.36. The molecule has 1 saturated heterocycles. The molecule has 0 N–H and O–H groups in total. The molecule has 0 bridgehead atoms. The summed E-state index contributed by atoms with van der Waals surface area (Å²) in [5.74, 6) is 1.47. The molecule has 2 heterocycles. The van der Waals surface area contributed by atoms with Gasteiger partial charge >= 0.3 is 6.01 Å². The number of piperidine rings is 1. The third-order valence-electron chi connectivity index (χ3n) is 4.10. The molecular weight excluding hydrogens is 264 g/mol. The topological polar surface area (TPSA) is 51.1 Å². The summed E-state index contributed by atoms with van der Waals surface area (Å²) >= 11 is 5.98. The fourth-order valence-electron chi connectivity index (χ4n) is 3.35. The van der Waals surface area contributed by atoms with Crippen LogP contribution in [-0.4, -0.2) is 34.1 Å². The zero-order chi connectivity index (χ0) is 13.2. The van der Waals surface area contributed by atoms with E-state index in [9.17, 15) is 0 Å². The number of hydrogen-bond donors (Lipinski definition) is 0. The van der Waals surface area contributed by atoms with Crippen LogP contribution in [0.25, 0.3) is 0 Å². The number of ether oxygens (including phenoxy) is 1. The summed E-state index contributed by atoms with van der Waals surface area (Å²) in [6, 6.07) is 0.902. The lowest BCUT2D eigenvalue weighted by atomic mass is 9.92. The first-order valence-corrected chi connectivity index (χ1v) is 7.46. The molecule has 1 aromatic rings. The van der Waals surface area contributed by atoms with Gasteiger partial charge in [0.15, 0.2) is 0 Å². The Bertz CT molecular complexity index is 456. The van der Waals surface area contributed by atoms with Crippen molar-refractivity contribution in [1.29, 1.82) is 0 Å². The minimum atomic E-state index is 0.216. The molecule has 104 valence electrons. The van der Waals surface area contributed by atoms with E-state index >= 15 is 0 Å². The fraction of sp³-hybridized carbons (Fsp3) is 0.769. The fourth-order valence-corrected chi connectivity index (χ4v) is 3.49. The molecule has 5 nitrogen and oxygen atoms in total. The van der Waals surface area contributed by atoms with Gasteiger partial charge in [-0.05, 0) is 50.1 Å². The Labute approximate surface area is 118 Å². The zero-order valence-corrected chi connectivity index (χ0v) is 11.9. The lowest BCUT2D eigenvalue weighted by Crippen LogP contribution is -2.43. The smallest absolute Gasteiger partial charge is 0.322 e. The average Bonchev–Trinajstić information content (AvgIpc) is 2.86. The van der Waals surface area contributed by atoms with Crippen molar-refractivity contribution in [2.24, 2.45) is 5.92 Å². The van der Waals surface area contributed by atoms with E-state index in [1.54, 1.807) is 0 Å². The normalized spacial score (nSPS) is 26.3. The minimum Gasteiger partial charge on any atom is -0.464 e. The van der Waals surface area contributed by atoms with Crippen LogP contribution >= 0.6 is 11.6 Å². The number of nitrogens with zero attached hydrogens (tertiary/aromatic N) is 4. The van der Waals surface area contributed by atoms with Crippen LogP contribution in [0.3, 0.4) is 0 Å². The SMILES string of the molecule is CCOc1nc(Cl)nc(N2CCCC3CCCC32)n1. The van der Waals surface area contributed by atoms with Crippen LogP contribution in [0.15, 0.2) is 0 Å². The molecule has 1 saturated carbocycles. The molecule has 19 heavy (non-hydrogen) atoms. The van der Waals surface area contributed by atoms with Crippen molar-refractivity contribution >= 4 is 17.5 Å². The van der Waals surface area contributed by atoms with E-state index in [4.69, 9.17) is 16.3 Å². The van der Waals surface area contributed by atoms with E-state index in [-0.39, 0.29) is 5.28 Å². The van der Waals surface area contributed by atoms with Crippen molar-refractivity contribution in [1.82, 2.24) is 15.0 Å². The zero-order valence-electron chi connectivity index (χ0n) is 11.2. The second-order valence-electron chi connectivity index (χ2n) is 5.21. The van der Waals surface area contributed by atoms with Gasteiger partial charge < -0.3 is 9.64 Å². The predicted octanol–water partition coefficient (Wildman–Crippen LogP) is 2.69. The summed E-state index contributed by atoms with van der Waals surface area (Å²) in [7, 11) is 0. The predicted molar refractivity (Wildman–Crippen MR) is 73.7 cm³/mol. The molecule has 0 amide bonds. The van der Waals surface area contributed by atoms with Crippen molar-refractivity contribution in [2.45, 2.75) is 45.1 Å². The van der Waals surface area contributed by atoms with Gasteiger partial charge in [-0.25, -0.2) is 0 Å². The summed E-state index contributed by atoms with van der Waals surface area (Å²) in [6.07, 6.45) is 6.41. The van der Waals surface area contributed by atoms with E-state index in [0.29, 0.717) is 24.6 Å². The van der Waals surface area contributed by atoms with Gasteiger partial charge in [0.2, 0.25) is 11.2 Å². The highest BCUT2D eigenvalue weighted by atomic mass is 35.5. The van der Waals surface area contributed by atoms with Crippen LogP contribution in [-0.2, 0) is 0 Å². The van der Waals surface area contributed by atoms with Gasteiger partial charge in [0.25, 0.3) is 0 Å². The van der Waals surface area contributed by atoms with Gasteiger partial charge in [-0.3, -0.25) is 0 Å². The van der Waals surface area contributed by atoms with Crippen LogP contribution in [0.2, 0.25) is 5.28 Å². The summed E-state index contributed by atoms with van der Waals surface area (Å²) in [4.78, 5) is 15.0. The molecule has 2 aliphatic rings. The van der Waals surface area contributed by atoms with Gasteiger partial charge in [0.05, 0.1) is 6.61 Å². The summed E-state index contributed by atoms with van der Waals surface area (Å²) in [5, 5.41) is 0.216. The molecular formula is C13H19ClN4O. The molecule has 0 spiro atoms. The molecule has 1 aromatic heterocycles. The molecule has 6 heteroatoms. The highest BCUT2D eigenvalue weighted by molar-refractivity contribution is 6.28. The van der Waals surface area contributed by atoms with Gasteiger partial charge in [0.1, 0.15) is 0 Å². The second kappa shape index (κ2) is 5.49. The van der Waals surface area contributed by atoms with Gasteiger partial charge in [-0.15, -0.1) is 0 Å². The third kappa shape index (κ3) is 2.61. The van der Waals surface area contributed by atoms with Crippen molar-refractivity contribution in [3.8, 4) is 6.01 Å². The Morgan fingerprint density at radius 3 is 2.89 bits per heavy atom. The molecule has 0 radical (unpaired) electrons. The van der Waals surface area contributed by atoms with E-state index < -0.39 is 0 Å². The number of fused-ring (bicyclic) bond motifs is 1. The molecule has 3 rings (SSSR count). The van der Waals surface area contributed by atoms with Gasteiger partial charge in [-0.1, -0.05) is 6.42 Å². The summed E-state index contributed by atoms with van der Waals surface area (Å²) in [5.41, 5.74) is 0.